The summed E-state index contributed by atoms with van der Waals surface area (Å²) >= 11 is 0. The van der Waals surface area contributed by atoms with E-state index in [0.29, 0.717) is 17.3 Å². The molecule has 2 aromatic carbocycles. The lowest BCUT2D eigenvalue weighted by Gasteiger charge is -2.37. The Morgan fingerprint density at radius 1 is 1.23 bits per heavy atom. The zero-order valence-electron chi connectivity index (χ0n) is 28.5. The molecule has 0 radical (unpaired) electrons. The van der Waals surface area contributed by atoms with Crippen LogP contribution in [0.15, 0.2) is 48.5 Å². The van der Waals surface area contributed by atoms with Crippen LogP contribution in [0.2, 0.25) is 0 Å². The second kappa shape index (κ2) is 11.1. The highest BCUT2D eigenvalue weighted by Gasteiger charge is 2.27. The number of piperidine rings is 1. The van der Waals surface area contributed by atoms with E-state index < -0.39 is 63.7 Å². The van der Waals surface area contributed by atoms with E-state index in [0.717, 1.165) is 24.3 Å². The van der Waals surface area contributed by atoms with Crippen molar-refractivity contribution in [1.82, 2.24) is 15.1 Å². The quantitative estimate of drug-likeness (QED) is 0.652. The molecule has 168 valence electrons. The molecule has 5 nitrogen and oxygen atoms in total. The smallest absolute Gasteiger partial charge is 0.318 e. The van der Waals surface area contributed by atoms with Crippen LogP contribution in [0.25, 0.3) is 0 Å². The van der Waals surface area contributed by atoms with Crippen LogP contribution in [0.5, 0.6) is 5.75 Å². The average Bonchev–Trinajstić information content (AvgIpc) is 2.80. The van der Waals surface area contributed by atoms with Gasteiger partial charge in [-0.05, 0) is 74.1 Å². The summed E-state index contributed by atoms with van der Waals surface area (Å²) in [5.74, 6) is 0.0252. The maximum atomic E-state index is 13.7. The summed E-state index contributed by atoms with van der Waals surface area (Å²) < 4.78 is 110. The fourth-order valence-corrected chi connectivity index (χ4v) is 2.76. The fraction of sp³-hybridized carbons (Fsp3) is 0.480. The lowest BCUT2D eigenvalue weighted by atomic mass is 10.0. The molecular weight excluding hydrogens is 393 g/mol. The van der Waals surface area contributed by atoms with Crippen molar-refractivity contribution in [2.45, 2.75) is 45.7 Å². The van der Waals surface area contributed by atoms with Crippen molar-refractivity contribution in [2.75, 3.05) is 26.6 Å². The number of urea groups is 1. The third-order valence-corrected chi connectivity index (χ3v) is 4.40. The average molecular weight is 439 g/mol. The Bertz CT molecular complexity index is 1220. The van der Waals surface area contributed by atoms with Gasteiger partial charge in [-0.15, -0.1) is 0 Å². The molecule has 6 heteroatoms. The zero-order valence-corrected chi connectivity index (χ0v) is 17.5. The first-order chi connectivity index (χ1) is 19.1. The summed E-state index contributed by atoms with van der Waals surface area (Å²) in [6, 6.07) is 6.83. The van der Waals surface area contributed by atoms with E-state index in [1.54, 1.807) is 0 Å². The molecule has 3 rings (SSSR count). The summed E-state index contributed by atoms with van der Waals surface area (Å²) in [5.41, 5.74) is -0.261. The van der Waals surface area contributed by atoms with Gasteiger partial charge in [0, 0.05) is 28.6 Å². The van der Waals surface area contributed by atoms with E-state index in [1.165, 1.54) is 24.3 Å². The topological polar surface area (TPSA) is 44.8 Å². The maximum Gasteiger partial charge on any atom is 0.318 e. The Labute approximate surface area is 200 Å². The number of ether oxygens (including phenoxy) is 1. The van der Waals surface area contributed by atoms with E-state index in [-0.39, 0.29) is 21.9 Å². The number of nitrogens with zero attached hydrogens (tertiary/aromatic N) is 2. The highest BCUT2D eigenvalue weighted by Crippen LogP contribution is 2.19. The number of carbonyl (C=O) groups is 1. The van der Waals surface area contributed by atoms with Crippen molar-refractivity contribution >= 4 is 6.03 Å². The molecule has 0 aliphatic carbocycles. The zero-order chi connectivity index (χ0) is 31.9. The number of rotatable bonds is 8. The Balaban J connectivity index is 2.01. The number of carbonyl (C=O) groups excluding carboxylic acids is 1. The van der Waals surface area contributed by atoms with E-state index in [1.807, 2.05) is 13.8 Å². The molecule has 1 heterocycles. The lowest BCUT2D eigenvalue weighted by Crippen LogP contribution is -2.49. The highest BCUT2D eigenvalue weighted by molar-refractivity contribution is 5.74. The minimum atomic E-state index is -3.19. The predicted octanol–water partition coefficient (Wildman–Crippen LogP) is 4.67. The van der Waals surface area contributed by atoms with Gasteiger partial charge < -0.3 is 19.9 Å². The largest absolute Gasteiger partial charge is 0.493 e. The number of hydrogen-bond donors (Lipinski definition) is 1. The summed E-state index contributed by atoms with van der Waals surface area (Å²) in [4.78, 5) is 14.3. The molecule has 0 bridgehead atoms. The first kappa shape index (κ1) is 12.4. The van der Waals surface area contributed by atoms with Gasteiger partial charge in [-0.2, -0.15) is 0 Å². The van der Waals surface area contributed by atoms with Crippen LogP contribution < -0.4 is 10.1 Å². The fourth-order valence-electron chi connectivity index (χ4n) is 2.76. The Kier molecular flexibility index (Phi) is 4.47. The first-order valence-electron chi connectivity index (χ1n) is 15.5. The molecule has 0 atom stereocenters. The highest BCUT2D eigenvalue weighted by atomic mass is 19.1. The third kappa shape index (κ3) is 7.24. The number of hydrogen-bond acceptors (Lipinski definition) is 3. The van der Waals surface area contributed by atoms with Crippen LogP contribution in [0, 0.1) is 11.7 Å². The lowest BCUT2D eigenvalue weighted by molar-refractivity contribution is 0.127. The second-order valence-corrected chi connectivity index (χ2v) is 7.49. The predicted molar refractivity (Wildman–Crippen MR) is 121 cm³/mol. The van der Waals surface area contributed by atoms with Crippen LogP contribution in [-0.2, 0) is 13.0 Å². The van der Waals surface area contributed by atoms with Crippen LogP contribution in [0.4, 0.5) is 9.18 Å². The van der Waals surface area contributed by atoms with Gasteiger partial charge >= 0.3 is 6.03 Å². The molecule has 31 heavy (non-hydrogen) atoms. The molecule has 1 saturated heterocycles. The van der Waals surface area contributed by atoms with Crippen molar-refractivity contribution < 1.29 is 29.0 Å². The molecule has 1 fully saturated rings. The van der Waals surface area contributed by atoms with Crippen molar-refractivity contribution in [3.8, 4) is 5.75 Å². The molecule has 0 aromatic heterocycles. The number of likely N-dealkylation sites (tertiary alicyclic amines) is 1. The Morgan fingerprint density at radius 3 is 2.48 bits per heavy atom. The second-order valence-electron chi connectivity index (χ2n) is 7.49. The molecular formula is C25H34FN3O2. The van der Waals surface area contributed by atoms with Gasteiger partial charge in [-0.25, -0.2) is 9.18 Å². The molecule has 1 N–H and O–H groups in total. The molecule has 1 aliphatic rings. The minimum Gasteiger partial charge on any atom is -0.493 e. The number of halogens is 1. The number of nitrogens with one attached hydrogen (secondary N) is 1. The third-order valence-electron chi connectivity index (χ3n) is 4.40. The van der Waals surface area contributed by atoms with Crippen LogP contribution in [0.1, 0.15) is 52.9 Å². The monoisotopic (exact) mass is 438 g/mol. The molecule has 2 amide bonds. The van der Waals surface area contributed by atoms with Crippen LogP contribution >= 0.6 is 0 Å². The van der Waals surface area contributed by atoms with Gasteiger partial charge in [0.25, 0.3) is 0 Å². The maximum absolute atomic E-state index is 13.7. The SMILES string of the molecule is [2H]C([2H])(NC(=O)N(C1CC([2H])([2H])N(C([2H])([2H])[2H])C([2H])([2H])C1)C([2H])([2H])c1ccc(F)cc1)c1ccc(OCC(C)C)cc1. The van der Waals surface area contributed by atoms with E-state index in [9.17, 15) is 9.18 Å². The molecule has 0 unspecified atom stereocenters. The van der Waals surface area contributed by atoms with Gasteiger partial charge in [0.05, 0.1) is 12.1 Å². The van der Waals surface area contributed by atoms with Gasteiger partial charge in [0.1, 0.15) is 11.6 Å². The van der Waals surface area contributed by atoms with Crippen molar-refractivity contribution in [3.63, 3.8) is 0 Å². The normalized spacial score (nSPS) is 25.0. The first-order valence-corrected chi connectivity index (χ1v) is 9.99. The van der Waals surface area contributed by atoms with E-state index in [4.69, 9.17) is 19.8 Å². The van der Waals surface area contributed by atoms with Crippen molar-refractivity contribution in [3.05, 3.63) is 65.5 Å². The van der Waals surface area contributed by atoms with Crippen LogP contribution in [-0.4, -0.2) is 48.4 Å². The van der Waals surface area contributed by atoms with Crippen molar-refractivity contribution in [1.29, 1.82) is 0 Å². The summed E-state index contributed by atoms with van der Waals surface area (Å²) in [5, 5.41) is 2.12. The van der Waals surface area contributed by atoms with Gasteiger partial charge in [0.15, 0.2) is 0 Å². The van der Waals surface area contributed by atoms with E-state index in [2.05, 4.69) is 5.32 Å². The van der Waals surface area contributed by atoms with Crippen molar-refractivity contribution in [2.24, 2.45) is 5.92 Å². The Morgan fingerprint density at radius 2 is 1.87 bits per heavy atom. The molecule has 0 saturated carbocycles. The standard InChI is InChI=1S/C25H34FN3O2/c1-19(2)18-31-24-10-6-20(7-11-24)16-27-25(30)29(23-12-14-28(3)15-13-23)17-21-4-8-22(26)9-5-21/h4-11,19,23H,12-18H2,1-3H3,(H,27,30)/i3D3,14D2,15D2,16D2,17D2. The summed E-state index contributed by atoms with van der Waals surface area (Å²) in [7, 11) is 0. The van der Waals surface area contributed by atoms with Gasteiger partial charge in [-0.3, -0.25) is 0 Å². The van der Waals surface area contributed by atoms with Crippen LogP contribution in [0.3, 0.4) is 0 Å². The molecule has 2 aromatic rings. The molecule has 1 aliphatic heterocycles. The van der Waals surface area contributed by atoms with Gasteiger partial charge in [0.2, 0.25) is 0 Å². The number of benzene rings is 2. The minimum absolute atomic E-state index is 0.0158. The number of amides is 2. The summed E-state index contributed by atoms with van der Waals surface area (Å²) in [6.45, 7) is -9.98. The Hall–Kier alpha value is -2.60. The van der Waals surface area contributed by atoms with Gasteiger partial charge in [-0.1, -0.05) is 38.1 Å². The van der Waals surface area contributed by atoms with E-state index >= 15 is 0 Å². The molecule has 0 spiro atoms. The summed E-state index contributed by atoms with van der Waals surface area (Å²) in [6.07, 6.45) is -1.63.